The fourth-order valence-corrected chi connectivity index (χ4v) is 4.31. The van der Waals surface area contributed by atoms with E-state index in [0.717, 1.165) is 25.7 Å². The van der Waals surface area contributed by atoms with Gasteiger partial charge in [0.25, 0.3) is 0 Å². The summed E-state index contributed by atoms with van der Waals surface area (Å²) in [5.41, 5.74) is -0.613. The van der Waals surface area contributed by atoms with E-state index < -0.39 is 0 Å². The van der Waals surface area contributed by atoms with Gasteiger partial charge in [-0.25, -0.2) is 0 Å². The van der Waals surface area contributed by atoms with E-state index in [1.807, 2.05) is 12.8 Å². The van der Waals surface area contributed by atoms with Gasteiger partial charge in [-0.1, -0.05) is 71.6 Å². The van der Waals surface area contributed by atoms with Crippen molar-refractivity contribution >= 4 is 23.5 Å². The van der Waals surface area contributed by atoms with Crippen LogP contribution in [0.5, 0.6) is 0 Å². The maximum absolute atomic E-state index is 5.65. The maximum atomic E-state index is 5.65. The van der Waals surface area contributed by atoms with E-state index in [1.165, 1.54) is 0 Å². The van der Waals surface area contributed by atoms with Crippen LogP contribution in [0.4, 0.5) is 0 Å². The second kappa shape index (κ2) is 18.7. The average Bonchev–Trinajstić information content (AvgIpc) is 3.26. The Bertz CT molecular complexity index is 515. The van der Waals surface area contributed by atoms with Crippen molar-refractivity contribution in [3.05, 3.63) is 40.0 Å². The summed E-state index contributed by atoms with van der Waals surface area (Å²) in [5, 5.41) is 0. The molecule has 0 amide bonds. The third-order valence-corrected chi connectivity index (χ3v) is 7.26. The Morgan fingerprint density at radius 2 is 0.971 bits per heavy atom. The molecule has 0 aromatic rings. The molecule has 0 spiro atoms. The van der Waals surface area contributed by atoms with Crippen molar-refractivity contribution in [1.29, 1.82) is 0 Å². The molecule has 0 aromatic carbocycles. The van der Waals surface area contributed by atoms with Crippen LogP contribution >= 0.6 is 0 Å². The predicted molar refractivity (Wildman–Crippen MR) is 132 cm³/mol. The van der Waals surface area contributed by atoms with Gasteiger partial charge in [-0.3, -0.25) is 0 Å². The van der Waals surface area contributed by atoms with E-state index in [9.17, 15) is 0 Å². The zero-order valence-corrected chi connectivity index (χ0v) is 30.8. The minimum Gasteiger partial charge on any atom is -0.446 e. The van der Waals surface area contributed by atoms with Gasteiger partial charge in [-0.15, -0.1) is 17.9 Å². The van der Waals surface area contributed by atoms with Gasteiger partial charge < -0.3 is 54.2 Å². The number of rotatable bonds is 4. The quantitative estimate of drug-likeness (QED) is 0.325. The average molecular weight is 689 g/mol. The number of hydrogen-bond acceptors (Lipinski definition) is 3. The van der Waals surface area contributed by atoms with Crippen molar-refractivity contribution in [3.8, 4) is 0 Å². The maximum Gasteiger partial charge on any atom is 0.0625 e. The molecule has 3 saturated heterocycles. The zero-order valence-electron chi connectivity index (χ0n) is 22.3. The van der Waals surface area contributed by atoms with Gasteiger partial charge in [-0.2, -0.15) is 18.3 Å². The van der Waals surface area contributed by atoms with Crippen molar-refractivity contribution in [2.75, 3.05) is 0 Å². The summed E-state index contributed by atoms with van der Waals surface area (Å²) in [6.07, 6.45) is 9.66. The Labute approximate surface area is 291 Å². The largest absolute Gasteiger partial charge is 0.446 e. The van der Waals surface area contributed by atoms with Gasteiger partial charge in [0.2, 0.25) is 0 Å². The van der Waals surface area contributed by atoms with E-state index in [2.05, 4.69) is 68.7 Å². The SMILES string of the molecule is [B][C@H]1[CH-][C@@H](C)C([CH2-])(CC)O1.[B][C@H]1[CH-][C@H](C)C(C[CH2-])(CC)O1.[B][C@H]1[CH-][C@H](C)C([CH2-])(CC)O1.[Y].[Y].[Y]. The minimum atomic E-state index is -0.264. The number of ether oxygens (including phenoxy) is 3. The van der Waals surface area contributed by atoms with Crippen LogP contribution in [0.2, 0.25) is 0 Å². The van der Waals surface area contributed by atoms with Crippen LogP contribution < -0.4 is 0 Å². The molecule has 3 rings (SSSR count). The van der Waals surface area contributed by atoms with Crippen LogP contribution in [0.3, 0.4) is 0 Å². The van der Waals surface area contributed by atoms with Crippen molar-refractivity contribution in [2.45, 2.75) is 102 Å². The second-order valence-corrected chi connectivity index (χ2v) is 9.20. The molecule has 0 saturated carbocycles. The first kappa shape index (κ1) is 41.9. The molecule has 3 unspecified atom stereocenters. The third-order valence-electron chi connectivity index (χ3n) is 7.26. The Kier molecular flexibility index (Phi) is 23.0. The molecule has 3 fully saturated rings. The van der Waals surface area contributed by atoms with Crippen LogP contribution in [0.1, 0.15) is 67.2 Å². The first-order valence-corrected chi connectivity index (χ1v) is 11.7. The van der Waals surface area contributed by atoms with Crippen molar-refractivity contribution in [3.63, 3.8) is 0 Å². The fourth-order valence-electron chi connectivity index (χ4n) is 4.31. The van der Waals surface area contributed by atoms with Gasteiger partial charge >= 0.3 is 0 Å². The molecule has 3 nitrogen and oxygen atoms in total. The molecule has 9 heteroatoms. The van der Waals surface area contributed by atoms with Crippen molar-refractivity contribution < 1.29 is 112 Å². The molecule has 0 aliphatic carbocycles. The summed E-state index contributed by atoms with van der Waals surface area (Å²) < 4.78 is 16.5. The van der Waals surface area contributed by atoms with Crippen LogP contribution in [0.15, 0.2) is 0 Å². The third kappa shape index (κ3) is 11.5. The van der Waals surface area contributed by atoms with Crippen LogP contribution in [0.25, 0.3) is 0 Å². The normalized spacial score (nSPS) is 42.6. The Morgan fingerprint density at radius 1 is 0.647 bits per heavy atom. The Morgan fingerprint density at radius 3 is 1.09 bits per heavy atom. The van der Waals surface area contributed by atoms with Gasteiger partial charge in [0.15, 0.2) is 0 Å². The second-order valence-electron chi connectivity index (χ2n) is 9.20. The summed E-state index contributed by atoms with van der Waals surface area (Å²) in [5.74, 6) is 1.17. The van der Waals surface area contributed by atoms with E-state index in [0.29, 0.717) is 17.8 Å². The molecule has 3 aliphatic heterocycles. The molecule has 183 valence electrons. The first-order valence-electron chi connectivity index (χ1n) is 11.7. The van der Waals surface area contributed by atoms with Crippen LogP contribution in [0, 0.1) is 57.8 Å². The topological polar surface area (TPSA) is 27.7 Å². The monoisotopic (exact) mass is 689 g/mol. The van der Waals surface area contributed by atoms with E-state index in [-0.39, 0.29) is 133 Å². The molecule has 3 aliphatic rings. The van der Waals surface area contributed by atoms with E-state index >= 15 is 0 Å². The molecule has 3 heterocycles. The smallest absolute Gasteiger partial charge is 0.0625 e. The van der Waals surface area contributed by atoms with Gasteiger partial charge in [0.1, 0.15) is 0 Å². The summed E-state index contributed by atoms with van der Waals surface area (Å²) >= 11 is 0. The van der Waals surface area contributed by atoms with Crippen molar-refractivity contribution in [1.82, 2.24) is 0 Å². The molecule has 0 N–H and O–H groups in total. The molecule has 9 atom stereocenters. The standard InChI is InChI=1S/C9H15BO.2C8H13BO.3Y/c1-4-9(5-2)7(3)6-8(10)11-9;2*1-4-8(3)6(2)5-7(9)10-8;;;/h6-8H,1,4-5H2,2-3H3;2*5-7H,3-4H2,1-2H3;;;/q3*-2;;;/t7-,8+,9?;6-,7+,8?;6-,7-,8?;;;/m001.../s1. The molecule has 9 radical (unpaired) electrons. The fraction of sp³-hybridized carbons (Fsp3) is 0.760. The number of hydrogen-bond donors (Lipinski definition) is 0. The summed E-state index contributed by atoms with van der Waals surface area (Å²) in [4.78, 5) is 0. The molecule has 0 bridgehead atoms. The van der Waals surface area contributed by atoms with Gasteiger partial charge in [-0.05, 0) is 6.42 Å². The van der Waals surface area contributed by atoms with E-state index in [1.54, 1.807) is 0 Å². The van der Waals surface area contributed by atoms with Crippen molar-refractivity contribution in [2.24, 2.45) is 17.8 Å². The van der Waals surface area contributed by atoms with E-state index in [4.69, 9.17) is 37.7 Å². The van der Waals surface area contributed by atoms with Crippen LogP contribution in [-0.2, 0) is 112 Å². The molecule has 34 heavy (non-hydrogen) atoms. The molecular weight excluding hydrogens is 647 g/mol. The Balaban J connectivity index is -0.000000407. The summed E-state index contributed by atoms with van der Waals surface area (Å²) in [6, 6.07) is -0.619. The Hall–Kier alpha value is 3.39. The van der Waals surface area contributed by atoms with Gasteiger partial charge in [0.05, 0.1) is 23.5 Å². The van der Waals surface area contributed by atoms with Crippen LogP contribution in [-0.4, -0.2) is 58.4 Å². The first-order chi connectivity index (χ1) is 14.3. The summed E-state index contributed by atoms with van der Waals surface area (Å²) in [7, 11) is 16.8. The predicted octanol–water partition coefficient (Wildman–Crippen LogP) is 4.39. The molecular formula is C25H41B3O3Y3-6. The summed E-state index contributed by atoms with van der Waals surface area (Å²) in [6.45, 7) is 24.4. The zero-order chi connectivity index (χ0) is 24.0. The molecule has 0 aromatic heterocycles. The van der Waals surface area contributed by atoms with Gasteiger partial charge in [0, 0.05) is 104 Å². The minimum absolute atomic E-state index is 0.